The molecule has 3 aromatic rings. The predicted octanol–water partition coefficient (Wildman–Crippen LogP) is 3.18. The molecular formula is C15H16N4S. The molecule has 2 heterocycles. The summed E-state index contributed by atoms with van der Waals surface area (Å²) in [6.45, 7) is 2.95. The number of rotatable bonds is 5. The van der Waals surface area contributed by atoms with E-state index in [-0.39, 0.29) is 6.04 Å². The highest BCUT2D eigenvalue weighted by molar-refractivity contribution is 7.07. The number of para-hydroxylation sites is 1. The first-order valence-electron chi connectivity index (χ1n) is 6.55. The van der Waals surface area contributed by atoms with E-state index >= 15 is 0 Å². The average molecular weight is 284 g/mol. The Kier molecular flexibility index (Phi) is 3.90. The second-order valence-electron chi connectivity index (χ2n) is 4.66. The van der Waals surface area contributed by atoms with E-state index < -0.39 is 0 Å². The number of nitrogens with zero attached hydrogens (tertiary/aromatic N) is 3. The lowest BCUT2D eigenvalue weighted by atomic mass is 10.2. The van der Waals surface area contributed by atoms with Gasteiger partial charge in [-0.15, -0.1) is 5.10 Å². The third-order valence-corrected chi connectivity index (χ3v) is 3.90. The van der Waals surface area contributed by atoms with Crippen molar-refractivity contribution in [2.45, 2.75) is 19.5 Å². The number of thiophene rings is 1. The Labute approximate surface area is 122 Å². The van der Waals surface area contributed by atoms with Gasteiger partial charge in [0.05, 0.1) is 23.6 Å². The highest BCUT2D eigenvalue weighted by Crippen LogP contribution is 2.13. The summed E-state index contributed by atoms with van der Waals surface area (Å²) in [7, 11) is 0. The van der Waals surface area contributed by atoms with Gasteiger partial charge in [0.25, 0.3) is 0 Å². The maximum atomic E-state index is 4.25. The van der Waals surface area contributed by atoms with Gasteiger partial charge in [0, 0.05) is 6.54 Å². The van der Waals surface area contributed by atoms with E-state index in [1.54, 1.807) is 16.0 Å². The van der Waals surface area contributed by atoms with E-state index in [1.807, 2.05) is 36.5 Å². The zero-order chi connectivity index (χ0) is 13.8. The minimum atomic E-state index is 0.173. The van der Waals surface area contributed by atoms with Crippen molar-refractivity contribution in [2.24, 2.45) is 0 Å². The van der Waals surface area contributed by atoms with Crippen molar-refractivity contribution in [1.82, 2.24) is 20.3 Å². The summed E-state index contributed by atoms with van der Waals surface area (Å²) in [5, 5.41) is 16.1. The minimum absolute atomic E-state index is 0.173. The van der Waals surface area contributed by atoms with E-state index in [0.717, 1.165) is 17.9 Å². The molecule has 1 N–H and O–H groups in total. The third-order valence-electron chi connectivity index (χ3n) is 3.17. The molecular weight excluding hydrogens is 268 g/mol. The van der Waals surface area contributed by atoms with E-state index in [2.05, 4.69) is 39.4 Å². The van der Waals surface area contributed by atoms with Crippen LogP contribution in [0, 0.1) is 0 Å². The molecule has 3 rings (SSSR count). The molecule has 20 heavy (non-hydrogen) atoms. The van der Waals surface area contributed by atoms with Gasteiger partial charge >= 0.3 is 0 Å². The van der Waals surface area contributed by atoms with Crippen molar-refractivity contribution in [3.8, 4) is 5.69 Å². The van der Waals surface area contributed by atoms with Gasteiger partial charge in [-0.1, -0.05) is 23.4 Å². The molecule has 4 nitrogen and oxygen atoms in total. The van der Waals surface area contributed by atoms with E-state index in [9.17, 15) is 0 Å². The summed E-state index contributed by atoms with van der Waals surface area (Å²) in [4.78, 5) is 0. The Hall–Kier alpha value is -1.98. The first kappa shape index (κ1) is 13.0. The fraction of sp³-hybridized carbons (Fsp3) is 0.200. The second-order valence-corrected chi connectivity index (χ2v) is 5.44. The zero-order valence-electron chi connectivity index (χ0n) is 11.2. The summed E-state index contributed by atoms with van der Waals surface area (Å²) in [5.41, 5.74) is 3.28. The molecule has 0 bridgehead atoms. The molecule has 0 radical (unpaired) electrons. The normalized spacial score (nSPS) is 12.4. The van der Waals surface area contributed by atoms with Crippen LogP contribution < -0.4 is 5.32 Å². The maximum absolute atomic E-state index is 4.25. The Morgan fingerprint density at radius 3 is 2.85 bits per heavy atom. The Morgan fingerprint density at radius 1 is 1.25 bits per heavy atom. The van der Waals surface area contributed by atoms with Crippen LogP contribution in [0.2, 0.25) is 0 Å². The predicted molar refractivity (Wildman–Crippen MR) is 80.9 cm³/mol. The molecule has 5 heteroatoms. The van der Waals surface area contributed by atoms with Crippen molar-refractivity contribution in [3.63, 3.8) is 0 Å². The Morgan fingerprint density at radius 2 is 2.10 bits per heavy atom. The van der Waals surface area contributed by atoms with E-state index in [4.69, 9.17) is 0 Å². The van der Waals surface area contributed by atoms with Gasteiger partial charge in [-0.2, -0.15) is 11.3 Å². The molecule has 2 aromatic heterocycles. The lowest BCUT2D eigenvalue weighted by Gasteiger charge is -2.09. The fourth-order valence-electron chi connectivity index (χ4n) is 1.95. The van der Waals surface area contributed by atoms with Crippen LogP contribution >= 0.6 is 11.3 Å². The quantitative estimate of drug-likeness (QED) is 0.782. The van der Waals surface area contributed by atoms with Gasteiger partial charge in [-0.3, -0.25) is 0 Å². The van der Waals surface area contributed by atoms with Gasteiger partial charge in [0.2, 0.25) is 0 Å². The van der Waals surface area contributed by atoms with Crippen molar-refractivity contribution in [3.05, 3.63) is 64.6 Å². The van der Waals surface area contributed by atoms with Crippen LogP contribution in [0.25, 0.3) is 5.69 Å². The number of benzene rings is 1. The topological polar surface area (TPSA) is 42.7 Å². The highest BCUT2D eigenvalue weighted by atomic mass is 32.1. The van der Waals surface area contributed by atoms with E-state index in [0.29, 0.717) is 0 Å². The van der Waals surface area contributed by atoms with Gasteiger partial charge in [-0.25, -0.2) is 4.68 Å². The van der Waals surface area contributed by atoms with Gasteiger partial charge < -0.3 is 5.32 Å². The molecule has 0 aliphatic carbocycles. The van der Waals surface area contributed by atoms with E-state index in [1.165, 1.54) is 5.56 Å². The molecule has 0 amide bonds. The summed E-state index contributed by atoms with van der Waals surface area (Å²) >= 11 is 1.72. The molecule has 1 atom stereocenters. The second kappa shape index (κ2) is 5.98. The van der Waals surface area contributed by atoms with Crippen molar-refractivity contribution in [1.29, 1.82) is 0 Å². The highest BCUT2D eigenvalue weighted by Gasteiger charge is 2.10. The standard InChI is InChI=1S/C15H16N4S/c1-12(16-9-13-7-8-20-11-13)15-10-19(18-17-15)14-5-3-2-4-6-14/h2-8,10-12,16H,9H2,1H3. The molecule has 1 aromatic carbocycles. The first-order valence-corrected chi connectivity index (χ1v) is 7.49. The molecule has 0 fully saturated rings. The zero-order valence-corrected chi connectivity index (χ0v) is 12.0. The van der Waals surface area contributed by atoms with Gasteiger partial charge in [0.15, 0.2) is 0 Å². The van der Waals surface area contributed by atoms with Gasteiger partial charge in [-0.05, 0) is 41.4 Å². The molecule has 0 saturated carbocycles. The van der Waals surface area contributed by atoms with Crippen molar-refractivity contribution in [2.75, 3.05) is 0 Å². The van der Waals surface area contributed by atoms with Crippen LogP contribution in [0.3, 0.4) is 0 Å². The fourth-order valence-corrected chi connectivity index (χ4v) is 2.62. The van der Waals surface area contributed by atoms with Gasteiger partial charge in [0.1, 0.15) is 0 Å². The largest absolute Gasteiger partial charge is 0.305 e. The van der Waals surface area contributed by atoms with Crippen LogP contribution in [0.15, 0.2) is 53.4 Å². The van der Waals surface area contributed by atoms with Crippen molar-refractivity contribution < 1.29 is 0 Å². The summed E-state index contributed by atoms with van der Waals surface area (Å²) in [6.07, 6.45) is 1.97. The Bertz CT molecular complexity index is 646. The summed E-state index contributed by atoms with van der Waals surface area (Å²) in [5.74, 6) is 0. The van der Waals surface area contributed by atoms with Crippen LogP contribution in [-0.2, 0) is 6.54 Å². The molecule has 102 valence electrons. The lowest BCUT2D eigenvalue weighted by molar-refractivity contribution is 0.561. The lowest BCUT2D eigenvalue weighted by Crippen LogP contribution is -2.18. The number of hydrogen-bond acceptors (Lipinski definition) is 4. The number of nitrogens with one attached hydrogen (secondary N) is 1. The molecule has 0 spiro atoms. The SMILES string of the molecule is CC(NCc1ccsc1)c1cn(-c2ccccc2)nn1. The third kappa shape index (κ3) is 2.95. The summed E-state index contributed by atoms with van der Waals surface area (Å²) in [6, 6.07) is 12.3. The molecule has 0 aliphatic rings. The van der Waals surface area contributed by atoms with Crippen LogP contribution in [0.4, 0.5) is 0 Å². The Balaban J connectivity index is 1.67. The van der Waals surface area contributed by atoms with Crippen LogP contribution in [0.1, 0.15) is 24.2 Å². The average Bonchev–Trinajstić information content (AvgIpc) is 3.17. The minimum Gasteiger partial charge on any atom is -0.305 e. The van der Waals surface area contributed by atoms with Crippen molar-refractivity contribution >= 4 is 11.3 Å². The van der Waals surface area contributed by atoms with Crippen LogP contribution in [-0.4, -0.2) is 15.0 Å². The smallest absolute Gasteiger partial charge is 0.0998 e. The summed E-state index contributed by atoms with van der Waals surface area (Å²) < 4.78 is 1.80. The van der Waals surface area contributed by atoms with Crippen LogP contribution in [0.5, 0.6) is 0 Å². The number of aromatic nitrogens is 3. The molecule has 1 unspecified atom stereocenters. The monoisotopic (exact) mass is 284 g/mol. The molecule has 0 aliphatic heterocycles. The first-order chi connectivity index (χ1) is 9.83. The maximum Gasteiger partial charge on any atom is 0.0998 e. The number of hydrogen-bond donors (Lipinski definition) is 1. The molecule has 0 saturated heterocycles.